The third kappa shape index (κ3) is 2.37. The molecule has 0 aromatic heterocycles. The molecule has 4 atom stereocenters. The number of nitrogens with one attached hydrogen (secondary N) is 1. The van der Waals surface area contributed by atoms with Gasteiger partial charge in [-0.3, -0.25) is 9.59 Å². The van der Waals surface area contributed by atoms with Crippen LogP contribution in [0.25, 0.3) is 0 Å². The van der Waals surface area contributed by atoms with Crippen molar-refractivity contribution in [3.8, 4) is 5.75 Å². The first kappa shape index (κ1) is 13.9. The molecule has 0 heterocycles. The summed E-state index contributed by atoms with van der Waals surface area (Å²) in [5.74, 6) is -1.09. The Labute approximate surface area is 123 Å². The highest BCUT2D eigenvalue weighted by atomic mass is 16.4. The molecule has 1 amide bonds. The van der Waals surface area contributed by atoms with Crippen LogP contribution >= 0.6 is 0 Å². The Morgan fingerprint density at radius 1 is 1.24 bits per heavy atom. The first-order valence-electron chi connectivity index (χ1n) is 7.30. The fourth-order valence-electron chi connectivity index (χ4n) is 3.84. The molecular formula is C16H19NO4. The van der Waals surface area contributed by atoms with Crippen molar-refractivity contribution in [2.45, 2.75) is 32.2 Å². The maximum absolute atomic E-state index is 12.3. The number of phenolic OH excluding ortho intramolecular Hbond substituents is 1. The van der Waals surface area contributed by atoms with E-state index in [9.17, 15) is 19.8 Å². The van der Waals surface area contributed by atoms with Gasteiger partial charge in [0.05, 0.1) is 5.92 Å². The van der Waals surface area contributed by atoms with E-state index in [4.69, 9.17) is 0 Å². The summed E-state index contributed by atoms with van der Waals surface area (Å²) in [7, 11) is 0. The number of carboxylic acid groups (broad SMARTS) is 1. The third-order valence-corrected chi connectivity index (χ3v) is 4.97. The first-order chi connectivity index (χ1) is 9.97. The Hall–Kier alpha value is -2.04. The summed E-state index contributed by atoms with van der Waals surface area (Å²) in [6.07, 6.45) is 2.82. The van der Waals surface area contributed by atoms with E-state index >= 15 is 0 Å². The molecule has 5 heteroatoms. The van der Waals surface area contributed by atoms with Crippen molar-refractivity contribution in [1.82, 2.24) is 5.32 Å². The molecule has 1 aromatic carbocycles. The predicted octanol–water partition coefficient (Wildman–Crippen LogP) is 1.93. The first-order valence-corrected chi connectivity index (χ1v) is 7.30. The molecule has 1 aromatic rings. The number of aryl methyl sites for hydroxylation is 1. The number of hydrogen-bond donors (Lipinski definition) is 3. The zero-order valence-electron chi connectivity index (χ0n) is 11.9. The van der Waals surface area contributed by atoms with E-state index in [0.717, 1.165) is 19.3 Å². The van der Waals surface area contributed by atoms with Crippen LogP contribution < -0.4 is 5.32 Å². The summed E-state index contributed by atoms with van der Waals surface area (Å²) in [6, 6.07) is 4.46. The smallest absolute Gasteiger partial charge is 0.308 e. The zero-order chi connectivity index (χ0) is 15.1. The monoisotopic (exact) mass is 289 g/mol. The number of hydrogen-bond acceptors (Lipinski definition) is 3. The second-order valence-corrected chi connectivity index (χ2v) is 6.20. The van der Waals surface area contributed by atoms with Crippen LogP contribution in [0.4, 0.5) is 0 Å². The van der Waals surface area contributed by atoms with Crippen molar-refractivity contribution >= 4 is 11.9 Å². The van der Waals surface area contributed by atoms with Crippen molar-refractivity contribution in [3.63, 3.8) is 0 Å². The molecule has 0 radical (unpaired) electrons. The van der Waals surface area contributed by atoms with Gasteiger partial charge in [-0.15, -0.1) is 0 Å². The van der Waals surface area contributed by atoms with Gasteiger partial charge in [-0.25, -0.2) is 0 Å². The minimum absolute atomic E-state index is 0.0744. The van der Waals surface area contributed by atoms with Gasteiger partial charge in [0, 0.05) is 11.6 Å². The highest BCUT2D eigenvalue weighted by Gasteiger charge is 2.51. The number of rotatable bonds is 3. The minimum Gasteiger partial charge on any atom is -0.508 e. The molecule has 0 spiro atoms. The predicted molar refractivity (Wildman–Crippen MR) is 76.1 cm³/mol. The molecule has 3 rings (SSSR count). The Kier molecular flexibility index (Phi) is 3.35. The van der Waals surface area contributed by atoms with Crippen LogP contribution in [-0.4, -0.2) is 28.1 Å². The van der Waals surface area contributed by atoms with Crippen LogP contribution in [0, 0.1) is 24.7 Å². The normalized spacial score (nSPS) is 30.3. The molecule has 21 heavy (non-hydrogen) atoms. The molecule has 2 bridgehead atoms. The number of phenols is 1. The molecular weight excluding hydrogens is 270 g/mol. The van der Waals surface area contributed by atoms with E-state index in [-0.39, 0.29) is 29.5 Å². The molecule has 5 nitrogen and oxygen atoms in total. The van der Waals surface area contributed by atoms with E-state index in [2.05, 4.69) is 5.32 Å². The summed E-state index contributed by atoms with van der Waals surface area (Å²) >= 11 is 0. The Morgan fingerprint density at radius 3 is 2.62 bits per heavy atom. The molecule has 2 aliphatic rings. The highest BCUT2D eigenvalue weighted by molar-refractivity contribution is 5.95. The number of carbonyl (C=O) groups is 2. The lowest BCUT2D eigenvalue weighted by atomic mass is 9.84. The van der Waals surface area contributed by atoms with E-state index in [1.807, 2.05) is 0 Å². The summed E-state index contributed by atoms with van der Waals surface area (Å²) < 4.78 is 0. The molecule has 3 N–H and O–H groups in total. The number of fused-ring (bicyclic) bond motifs is 2. The van der Waals surface area contributed by atoms with E-state index in [0.29, 0.717) is 11.1 Å². The lowest BCUT2D eigenvalue weighted by Crippen LogP contribution is -2.46. The highest BCUT2D eigenvalue weighted by Crippen LogP contribution is 2.48. The Balaban J connectivity index is 1.77. The average molecular weight is 289 g/mol. The standard InChI is InChI=1S/C16H19NO4/c1-8-2-3-11(7-12(8)18)15(19)17-14-10-5-4-9(6-10)13(14)16(20)21/h2-3,7,9-10,13-14,18H,4-6H2,1H3,(H,17,19)(H,20,21). The quantitative estimate of drug-likeness (QED) is 0.793. The summed E-state index contributed by atoms with van der Waals surface area (Å²) in [5.41, 5.74) is 1.07. The van der Waals surface area contributed by atoms with Crippen LogP contribution in [0.15, 0.2) is 18.2 Å². The summed E-state index contributed by atoms with van der Waals surface area (Å²) in [6.45, 7) is 1.76. The summed E-state index contributed by atoms with van der Waals surface area (Å²) in [5, 5.41) is 21.9. The SMILES string of the molecule is Cc1ccc(C(=O)NC2C3CCC(C3)C2C(=O)O)cc1O. The van der Waals surface area contributed by atoms with Crippen molar-refractivity contribution in [2.24, 2.45) is 17.8 Å². The van der Waals surface area contributed by atoms with Gasteiger partial charge in [0.1, 0.15) is 5.75 Å². The second kappa shape index (κ2) is 5.06. The summed E-state index contributed by atoms with van der Waals surface area (Å²) in [4.78, 5) is 23.7. The van der Waals surface area contributed by atoms with Crippen molar-refractivity contribution in [2.75, 3.05) is 0 Å². The number of benzene rings is 1. The van der Waals surface area contributed by atoms with Crippen molar-refractivity contribution in [1.29, 1.82) is 0 Å². The second-order valence-electron chi connectivity index (χ2n) is 6.20. The molecule has 0 aliphatic heterocycles. The third-order valence-electron chi connectivity index (χ3n) is 4.97. The topological polar surface area (TPSA) is 86.6 Å². The largest absolute Gasteiger partial charge is 0.508 e. The van der Waals surface area contributed by atoms with Gasteiger partial charge in [0.25, 0.3) is 5.91 Å². The minimum atomic E-state index is -0.820. The lowest BCUT2D eigenvalue weighted by Gasteiger charge is -2.28. The van der Waals surface area contributed by atoms with Gasteiger partial charge in [0.15, 0.2) is 0 Å². The number of amides is 1. The number of carboxylic acids is 1. The number of aromatic hydroxyl groups is 1. The van der Waals surface area contributed by atoms with Crippen LogP contribution in [0.1, 0.15) is 35.2 Å². The van der Waals surface area contributed by atoms with Crippen molar-refractivity contribution < 1.29 is 19.8 Å². The molecule has 112 valence electrons. The van der Waals surface area contributed by atoms with E-state index in [1.165, 1.54) is 6.07 Å². The van der Waals surface area contributed by atoms with Gasteiger partial charge in [-0.05, 0) is 55.7 Å². The fourth-order valence-corrected chi connectivity index (χ4v) is 3.84. The maximum atomic E-state index is 12.3. The van der Waals surface area contributed by atoms with Crippen LogP contribution in [-0.2, 0) is 4.79 Å². The van der Waals surface area contributed by atoms with Crippen LogP contribution in [0.3, 0.4) is 0 Å². The van der Waals surface area contributed by atoms with Gasteiger partial charge >= 0.3 is 5.97 Å². The van der Waals surface area contributed by atoms with Crippen molar-refractivity contribution in [3.05, 3.63) is 29.3 Å². The molecule has 2 saturated carbocycles. The Morgan fingerprint density at radius 2 is 1.95 bits per heavy atom. The molecule has 0 saturated heterocycles. The fraction of sp³-hybridized carbons (Fsp3) is 0.500. The average Bonchev–Trinajstić information content (AvgIpc) is 3.02. The zero-order valence-corrected chi connectivity index (χ0v) is 11.9. The van der Waals surface area contributed by atoms with Gasteiger partial charge < -0.3 is 15.5 Å². The maximum Gasteiger partial charge on any atom is 0.308 e. The van der Waals surface area contributed by atoms with E-state index < -0.39 is 11.9 Å². The molecule has 4 unspecified atom stereocenters. The van der Waals surface area contributed by atoms with Gasteiger partial charge in [-0.1, -0.05) is 6.07 Å². The van der Waals surface area contributed by atoms with Gasteiger partial charge in [0.2, 0.25) is 0 Å². The number of carbonyl (C=O) groups excluding carboxylic acids is 1. The van der Waals surface area contributed by atoms with Crippen LogP contribution in [0.5, 0.6) is 5.75 Å². The van der Waals surface area contributed by atoms with E-state index in [1.54, 1.807) is 19.1 Å². The van der Waals surface area contributed by atoms with Gasteiger partial charge in [-0.2, -0.15) is 0 Å². The number of aliphatic carboxylic acids is 1. The molecule has 2 fully saturated rings. The lowest BCUT2D eigenvalue weighted by molar-refractivity contribution is -0.144. The van der Waals surface area contributed by atoms with Crippen LogP contribution in [0.2, 0.25) is 0 Å². The Bertz CT molecular complexity index is 598. The molecule has 2 aliphatic carbocycles.